The molecule has 2 heterocycles. The Kier molecular flexibility index (Phi) is 5.11. The smallest absolute Gasteiger partial charge is 0.160 e. The van der Waals surface area contributed by atoms with Gasteiger partial charge in [-0.1, -0.05) is 6.92 Å². The van der Waals surface area contributed by atoms with Crippen LogP contribution in [0.5, 0.6) is 0 Å². The van der Waals surface area contributed by atoms with E-state index in [2.05, 4.69) is 30.3 Å². The molecule has 0 aromatic carbocycles. The third kappa shape index (κ3) is 3.06. The summed E-state index contributed by atoms with van der Waals surface area (Å²) < 4.78 is 2.26. The molecular weight excluding hydrogens is 278 g/mol. The molecule has 1 atom stereocenters. The monoisotopic (exact) mass is 297 g/mol. The van der Waals surface area contributed by atoms with E-state index in [0.717, 1.165) is 34.9 Å². The molecule has 0 saturated heterocycles. The molecule has 104 valence electrons. The molecule has 0 aliphatic rings. The van der Waals surface area contributed by atoms with Gasteiger partial charge in [-0.2, -0.15) is 11.8 Å². The molecule has 3 nitrogen and oxygen atoms in total. The average Bonchev–Trinajstić information content (AvgIpc) is 2.76. The maximum absolute atomic E-state index is 5.91. The lowest BCUT2D eigenvalue weighted by atomic mass is 10.2. The van der Waals surface area contributed by atoms with Gasteiger partial charge in [0, 0.05) is 30.3 Å². The van der Waals surface area contributed by atoms with E-state index >= 15 is 0 Å². The first-order valence-corrected chi connectivity index (χ1v) is 8.34. The Hall–Kier alpha value is -0.740. The van der Waals surface area contributed by atoms with Crippen molar-refractivity contribution >= 4 is 34.5 Å². The summed E-state index contributed by atoms with van der Waals surface area (Å²) in [5, 5.41) is 0. The maximum Gasteiger partial charge on any atom is 0.160 e. The topological polar surface area (TPSA) is 30.7 Å². The normalized spacial score (nSPS) is 13.1. The molecule has 0 aliphatic carbocycles. The molecule has 5 heteroatoms. The Balaban J connectivity index is 2.48. The molecule has 2 rings (SSSR count). The fourth-order valence-corrected chi connectivity index (χ4v) is 3.14. The Morgan fingerprint density at radius 2 is 2.26 bits per heavy atom. The number of thioether (sulfide) groups is 1. The standard InChI is InChI=1S/C14H20ClN3S/c1-4-19-9-11(3)18-12(5-7-15)17-13-10(2)6-8-16-14(13)18/h6,8,11H,4-5,7,9H2,1-3H3. The van der Waals surface area contributed by atoms with Gasteiger partial charge in [0.1, 0.15) is 11.3 Å². The van der Waals surface area contributed by atoms with E-state index in [9.17, 15) is 0 Å². The first-order valence-electron chi connectivity index (χ1n) is 6.65. The van der Waals surface area contributed by atoms with Crippen molar-refractivity contribution in [1.29, 1.82) is 0 Å². The van der Waals surface area contributed by atoms with Gasteiger partial charge in [0.25, 0.3) is 0 Å². The zero-order valence-electron chi connectivity index (χ0n) is 11.7. The number of imidazole rings is 1. The van der Waals surface area contributed by atoms with Crippen molar-refractivity contribution in [3.05, 3.63) is 23.7 Å². The van der Waals surface area contributed by atoms with E-state index in [1.807, 2.05) is 24.0 Å². The SMILES string of the molecule is CCSCC(C)n1c(CCCl)nc2c(C)ccnc21. The summed E-state index contributed by atoms with van der Waals surface area (Å²) in [6.45, 7) is 6.49. The van der Waals surface area contributed by atoms with Crippen molar-refractivity contribution in [2.45, 2.75) is 33.2 Å². The second kappa shape index (κ2) is 6.62. The maximum atomic E-state index is 5.91. The Bertz CT molecular complexity index is 553. The first kappa shape index (κ1) is 14.7. The highest BCUT2D eigenvalue weighted by molar-refractivity contribution is 7.99. The van der Waals surface area contributed by atoms with Gasteiger partial charge in [-0.15, -0.1) is 11.6 Å². The van der Waals surface area contributed by atoms with Gasteiger partial charge >= 0.3 is 0 Å². The predicted octanol–water partition coefficient (Wildman–Crippen LogP) is 3.84. The van der Waals surface area contributed by atoms with Crippen LogP contribution in [0.1, 0.15) is 31.3 Å². The van der Waals surface area contributed by atoms with Gasteiger partial charge in [0.2, 0.25) is 0 Å². The lowest BCUT2D eigenvalue weighted by molar-refractivity contribution is 0.593. The first-order chi connectivity index (χ1) is 9.19. The van der Waals surface area contributed by atoms with Crippen LogP contribution >= 0.6 is 23.4 Å². The summed E-state index contributed by atoms with van der Waals surface area (Å²) in [6.07, 6.45) is 2.65. The number of aryl methyl sites for hydroxylation is 2. The highest BCUT2D eigenvalue weighted by Crippen LogP contribution is 2.24. The molecule has 0 bridgehead atoms. The average molecular weight is 298 g/mol. The Labute approximate surface area is 123 Å². The largest absolute Gasteiger partial charge is 0.309 e. The molecule has 0 fully saturated rings. The quantitative estimate of drug-likeness (QED) is 0.759. The van der Waals surface area contributed by atoms with Crippen LogP contribution in [-0.2, 0) is 6.42 Å². The fourth-order valence-electron chi connectivity index (χ4n) is 2.24. The van der Waals surface area contributed by atoms with Gasteiger partial charge < -0.3 is 4.57 Å². The van der Waals surface area contributed by atoms with E-state index in [0.29, 0.717) is 11.9 Å². The van der Waals surface area contributed by atoms with Crippen molar-refractivity contribution < 1.29 is 0 Å². The van der Waals surface area contributed by atoms with E-state index in [-0.39, 0.29) is 0 Å². The second-order valence-corrected chi connectivity index (χ2v) is 6.34. The summed E-state index contributed by atoms with van der Waals surface area (Å²) in [6, 6.07) is 2.40. The van der Waals surface area contributed by atoms with E-state index < -0.39 is 0 Å². The third-order valence-electron chi connectivity index (χ3n) is 3.18. The molecule has 2 aromatic heterocycles. The zero-order chi connectivity index (χ0) is 13.8. The highest BCUT2D eigenvalue weighted by atomic mass is 35.5. The van der Waals surface area contributed by atoms with E-state index in [4.69, 9.17) is 16.6 Å². The minimum atomic E-state index is 0.391. The highest BCUT2D eigenvalue weighted by Gasteiger charge is 2.17. The molecule has 0 aliphatic heterocycles. The molecule has 0 saturated carbocycles. The van der Waals surface area contributed by atoms with Crippen LogP contribution in [0, 0.1) is 6.92 Å². The van der Waals surface area contributed by atoms with Gasteiger partial charge in [0.05, 0.1) is 0 Å². The number of halogens is 1. The predicted molar refractivity (Wildman–Crippen MR) is 84.4 cm³/mol. The number of pyridine rings is 1. The molecule has 0 spiro atoms. The van der Waals surface area contributed by atoms with Gasteiger partial charge in [-0.05, 0) is 31.2 Å². The molecule has 2 aromatic rings. The summed E-state index contributed by atoms with van der Waals surface area (Å²) in [5.74, 6) is 3.85. The van der Waals surface area contributed by atoms with E-state index in [1.54, 1.807) is 0 Å². The van der Waals surface area contributed by atoms with Crippen molar-refractivity contribution in [2.24, 2.45) is 0 Å². The van der Waals surface area contributed by atoms with Crippen molar-refractivity contribution in [2.75, 3.05) is 17.4 Å². The van der Waals surface area contributed by atoms with Gasteiger partial charge in [-0.25, -0.2) is 9.97 Å². The van der Waals surface area contributed by atoms with Crippen LogP contribution in [0.2, 0.25) is 0 Å². The Morgan fingerprint density at radius 1 is 1.47 bits per heavy atom. The van der Waals surface area contributed by atoms with Crippen LogP contribution in [0.15, 0.2) is 12.3 Å². The minimum Gasteiger partial charge on any atom is -0.309 e. The fraction of sp³-hybridized carbons (Fsp3) is 0.571. The number of nitrogens with zero attached hydrogens (tertiary/aromatic N) is 3. The minimum absolute atomic E-state index is 0.391. The number of hydrogen-bond acceptors (Lipinski definition) is 3. The second-order valence-electron chi connectivity index (χ2n) is 4.65. The van der Waals surface area contributed by atoms with Crippen molar-refractivity contribution in [1.82, 2.24) is 14.5 Å². The number of hydrogen-bond donors (Lipinski definition) is 0. The number of alkyl halides is 1. The number of rotatable bonds is 6. The summed E-state index contributed by atoms with van der Waals surface area (Å²) in [4.78, 5) is 9.26. The molecular formula is C14H20ClN3S. The van der Waals surface area contributed by atoms with Crippen LogP contribution < -0.4 is 0 Å². The number of fused-ring (bicyclic) bond motifs is 1. The van der Waals surface area contributed by atoms with Gasteiger partial charge in [0.15, 0.2) is 5.65 Å². The van der Waals surface area contributed by atoms with E-state index in [1.165, 1.54) is 5.56 Å². The van der Waals surface area contributed by atoms with Crippen LogP contribution in [0.3, 0.4) is 0 Å². The lowest BCUT2D eigenvalue weighted by Gasteiger charge is -2.16. The van der Waals surface area contributed by atoms with Crippen LogP contribution in [-0.4, -0.2) is 31.9 Å². The van der Waals surface area contributed by atoms with Crippen molar-refractivity contribution in [3.8, 4) is 0 Å². The Morgan fingerprint density at radius 3 is 2.95 bits per heavy atom. The third-order valence-corrected chi connectivity index (χ3v) is 4.49. The number of aromatic nitrogens is 3. The molecule has 19 heavy (non-hydrogen) atoms. The van der Waals surface area contributed by atoms with Crippen LogP contribution in [0.25, 0.3) is 11.2 Å². The molecule has 0 amide bonds. The molecule has 0 N–H and O–H groups in total. The summed E-state index contributed by atoms with van der Waals surface area (Å²) in [5.41, 5.74) is 3.18. The van der Waals surface area contributed by atoms with Gasteiger partial charge in [-0.3, -0.25) is 0 Å². The lowest BCUT2D eigenvalue weighted by Crippen LogP contribution is -2.13. The molecule has 1 unspecified atom stereocenters. The molecule has 0 radical (unpaired) electrons. The van der Waals surface area contributed by atoms with Crippen molar-refractivity contribution in [3.63, 3.8) is 0 Å². The zero-order valence-corrected chi connectivity index (χ0v) is 13.3. The summed E-state index contributed by atoms with van der Waals surface area (Å²) in [7, 11) is 0. The van der Waals surface area contributed by atoms with Crippen LogP contribution in [0.4, 0.5) is 0 Å². The summed E-state index contributed by atoms with van der Waals surface area (Å²) >= 11 is 7.85.